The summed E-state index contributed by atoms with van der Waals surface area (Å²) in [5.41, 5.74) is 4.51. The van der Waals surface area contributed by atoms with Crippen molar-refractivity contribution in [1.82, 2.24) is 5.32 Å². The Hall–Kier alpha value is -0.470. The summed E-state index contributed by atoms with van der Waals surface area (Å²) in [7, 11) is 0. The lowest BCUT2D eigenvalue weighted by Gasteiger charge is -2.25. The predicted molar refractivity (Wildman–Crippen MR) is 70.9 cm³/mol. The van der Waals surface area contributed by atoms with Crippen molar-refractivity contribution in [3.8, 4) is 0 Å². The number of hydrogen-bond donors (Lipinski definition) is 1. The third-order valence-electron chi connectivity index (χ3n) is 3.91. The van der Waals surface area contributed by atoms with Crippen LogP contribution in [0.25, 0.3) is 0 Å². The molecule has 86 valence electrons. The molecule has 0 amide bonds. The van der Waals surface area contributed by atoms with Gasteiger partial charge in [-0.05, 0) is 37.3 Å². The molecule has 1 spiro atoms. The third kappa shape index (κ3) is 1.51. The summed E-state index contributed by atoms with van der Waals surface area (Å²) in [6, 6.07) is 7.66. The molecule has 1 aromatic carbocycles. The molecule has 2 heteroatoms. The van der Waals surface area contributed by atoms with E-state index in [1.54, 1.807) is 11.1 Å². The van der Waals surface area contributed by atoms with E-state index in [2.05, 4.69) is 49.1 Å². The fraction of sp³-hybridized carbons (Fsp3) is 0.571. The molecular weight excluding hydrogens is 214 g/mol. The van der Waals surface area contributed by atoms with E-state index in [0.717, 1.165) is 0 Å². The molecule has 3 rings (SSSR count). The van der Waals surface area contributed by atoms with Crippen molar-refractivity contribution >= 4 is 11.8 Å². The lowest BCUT2D eigenvalue weighted by atomic mass is 10.0. The van der Waals surface area contributed by atoms with Crippen molar-refractivity contribution in [2.75, 3.05) is 5.75 Å². The number of thioether (sulfide) groups is 1. The van der Waals surface area contributed by atoms with Crippen LogP contribution in [0, 0.1) is 6.92 Å². The molecule has 0 radical (unpaired) electrons. The highest BCUT2D eigenvalue weighted by molar-refractivity contribution is 8.00. The van der Waals surface area contributed by atoms with Crippen molar-refractivity contribution < 1.29 is 0 Å². The molecule has 0 aromatic heterocycles. The maximum Gasteiger partial charge on any atom is 0.0910 e. The first-order chi connectivity index (χ1) is 7.73. The minimum atomic E-state index is 0.252. The summed E-state index contributed by atoms with van der Waals surface area (Å²) in [5.74, 6) is 1.27. The standard InChI is InChI=1S/C14H19NS/c1-3-12-9-16-14(15-12)7-6-11-5-4-10(2)8-13(11)14/h4-5,8,12,15H,3,6-7,9H2,1-2H3. The molecule has 1 aromatic rings. The number of aryl methyl sites for hydroxylation is 2. The second-order valence-electron chi connectivity index (χ2n) is 5.05. The molecule has 16 heavy (non-hydrogen) atoms. The van der Waals surface area contributed by atoms with Crippen molar-refractivity contribution in [1.29, 1.82) is 0 Å². The van der Waals surface area contributed by atoms with E-state index in [-0.39, 0.29) is 4.87 Å². The van der Waals surface area contributed by atoms with Crippen molar-refractivity contribution in [3.63, 3.8) is 0 Å². The Morgan fingerprint density at radius 3 is 3.12 bits per heavy atom. The Balaban J connectivity index is 1.99. The van der Waals surface area contributed by atoms with Gasteiger partial charge >= 0.3 is 0 Å². The van der Waals surface area contributed by atoms with Crippen LogP contribution < -0.4 is 5.32 Å². The first-order valence-corrected chi connectivity index (χ1v) is 7.24. The molecule has 1 nitrogen and oxygen atoms in total. The zero-order valence-corrected chi connectivity index (χ0v) is 10.9. The summed E-state index contributed by atoms with van der Waals surface area (Å²) in [6.45, 7) is 4.48. The van der Waals surface area contributed by atoms with Gasteiger partial charge in [0.15, 0.2) is 0 Å². The maximum atomic E-state index is 3.86. The molecule has 2 atom stereocenters. The van der Waals surface area contributed by atoms with E-state index >= 15 is 0 Å². The van der Waals surface area contributed by atoms with Crippen LogP contribution in [-0.2, 0) is 11.3 Å². The Bertz CT molecular complexity index is 415. The van der Waals surface area contributed by atoms with E-state index < -0.39 is 0 Å². The summed E-state index contributed by atoms with van der Waals surface area (Å²) in [5, 5.41) is 3.86. The Morgan fingerprint density at radius 1 is 1.50 bits per heavy atom. The average Bonchev–Trinajstić information content (AvgIpc) is 2.86. The van der Waals surface area contributed by atoms with Gasteiger partial charge in [0.25, 0.3) is 0 Å². The van der Waals surface area contributed by atoms with Gasteiger partial charge < -0.3 is 0 Å². The molecule has 1 N–H and O–H groups in total. The second-order valence-corrected chi connectivity index (χ2v) is 6.37. The van der Waals surface area contributed by atoms with Gasteiger partial charge in [-0.25, -0.2) is 0 Å². The van der Waals surface area contributed by atoms with E-state index in [0.29, 0.717) is 6.04 Å². The first kappa shape index (κ1) is 10.7. The normalized spacial score (nSPS) is 32.2. The number of rotatable bonds is 1. The van der Waals surface area contributed by atoms with Crippen molar-refractivity contribution in [2.45, 2.75) is 44.0 Å². The molecular formula is C14H19NS. The van der Waals surface area contributed by atoms with Crippen LogP contribution >= 0.6 is 11.8 Å². The number of fused-ring (bicyclic) bond motifs is 2. The minimum Gasteiger partial charge on any atom is -0.295 e. The van der Waals surface area contributed by atoms with Gasteiger partial charge in [-0.2, -0.15) is 0 Å². The Labute approximate surface area is 102 Å². The second kappa shape index (κ2) is 3.78. The van der Waals surface area contributed by atoms with E-state index in [1.165, 1.54) is 30.6 Å². The van der Waals surface area contributed by atoms with Crippen LogP contribution in [0.3, 0.4) is 0 Å². The summed E-state index contributed by atoms with van der Waals surface area (Å²) < 4.78 is 0. The van der Waals surface area contributed by atoms with Gasteiger partial charge in [-0.1, -0.05) is 30.7 Å². The van der Waals surface area contributed by atoms with Gasteiger partial charge in [0.1, 0.15) is 0 Å². The van der Waals surface area contributed by atoms with Crippen LogP contribution in [0.1, 0.15) is 36.5 Å². The van der Waals surface area contributed by atoms with Gasteiger partial charge in [-0.15, -0.1) is 11.8 Å². The van der Waals surface area contributed by atoms with Gasteiger partial charge in [0.2, 0.25) is 0 Å². The fourth-order valence-corrected chi connectivity index (χ4v) is 4.55. The Kier molecular flexibility index (Phi) is 2.52. The maximum absolute atomic E-state index is 3.86. The molecule has 2 aliphatic rings. The van der Waals surface area contributed by atoms with Gasteiger partial charge in [0, 0.05) is 11.8 Å². The zero-order valence-electron chi connectivity index (χ0n) is 10.0. The van der Waals surface area contributed by atoms with Crippen LogP contribution in [-0.4, -0.2) is 11.8 Å². The first-order valence-electron chi connectivity index (χ1n) is 6.25. The highest BCUT2D eigenvalue weighted by Gasteiger charge is 2.44. The third-order valence-corrected chi connectivity index (χ3v) is 5.51. The zero-order chi connectivity index (χ0) is 11.2. The average molecular weight is 233 g/mol. The highest BCUT2D eigenvalue weighted by atomic mass is 32.2. The molecule has 1 fully saturated rings. The molecule has 1 saturated heterocycles. The van der Waals surface area contributed by atoms with Crippen LogP contribution in [0.15, 0.2) is 18.2 Å². The van der Waals surface area contributed by atoms with E-state index in [4.69, 9.17) is 0 Å². The van der Waals surface area contributed by atoms with E-state index in [1.807, 2.05) is 0 Å². The molecule has 1 aliphatic carbocycles. The number of nitrogens with one attached hydrogen (secondary N) is 1. The largest absolute Gasteiger partial charge is 0.295 e. The quantitative estimate of drug-likeness (QED) is 0.799. The minimum absolute atomic E-state index is 0.252. The van der Waals surface area contributed by atoms with Crippen LogP contribution in [0.5, 0.6) is 0 Å². The lowest BCUT2D eigenvalue weighted by Crippen LogP contribution is -2.37. The van der Waals surface area contributed by atoms with Crippen molar-refractivity contribution in [2.24, 2.45) is 0 Å². The molecule has 0 saturated carbocycles. The topological polar surface area (TPSA) is 12.0 Å². The SMILES string of the molecule is CCC1CSC2(CCc3ccc(C)cc32)N1. The van der Waals surface area contributed by atoms with Crippen LogP contribution in [0.2, 0.25) is 0 Å². The monoisotopic (exact) mass is 233 g/mol. The smallest absolute Gasteiger partial charge is 0.0910 e. The van der Waals surface area contributed by atoms with Gasteiger partial charge in [-0.3, -0.25) is 5.32 Å². The molecule has 1 heterocycles. The van der Waals surface area contributed by atoms with Crippen molar-refractivity contribution in [3.05, 3.63) is 34.9 Å². The molecule has 0 bridgehead atoms. The predicted octanol–water partition coefficient (Wildman–Crippen LogP) is 3.21. The summed E-state index contributed by atoms with van der Waals surface area (Å²) >= 11 is 2.13. The Morgan fingerprint density at radius 2 is 2.38 bits per heavy atom. The number of benzene rings is 1. The summed E-state index contributed by atoms with van der Waals surface area (Å²) in [6.07, 6.45) is 3.76. The molecule has 2 unspecified atom stereocenters. The summed E-state index contributed by atoms with van der Waals surface area (Å²) in [4.78, 5) is 0.252. The lowest BCUT2D eigenvalue weighted by molar-refractivity contribution is 0.440. The van der Waals surface area contributed by atoms with Gasteiger partial charge in [0.05, 0.1) is 4.87 Å². The highest BCUT2D eigenvalue weighted by Crippen LogP contribution is 2.49. The van der Waals surface area contributed by atoms with E-state index in [9.17, 15) is 0 Å². The van der Waals surface area contributed by atoms with Crippen LogP contribution in [0.4, 0.5) is 0 Å². The fourth-order valence-electron chi connectivity index (χ4n) is 2.91. The molecule has 1 aliphatic heterocycles. The number of hydrogen-bond acceptors (Lipinski definition) is 2.